The first kappa shape index (κ1) is 18.2. The van der Waals surface area contributed by atoms with Gasteiger partial charge in [-0.2, -0.15) is 0 Å². The summed E-state index contributed by atoms with van der Waals surface area (Å²) in [4.78, 5) is 11.6. The van der Waals surface area contributed by atoms with E-state index in [1.165, 1.54) is 19.1 Å². The largest absolute Gasteiger partial charge is 0.351 e. The minimum Gasteiger partial charge on any atom is -0.351 e. The van der Waals surface area contributed by atoms with Crippen LogP contribution in [-0.2, 0) is 18.9 Å². The third kappa shape index (κ3) is 5.46. The minimum atomic E-state index is -3.99. The molecule has 0 aliphatic rings. The average molecular weight is 374 g/mol. The second-order valence-corrected chi connectivity index (χ2v) is 9.52. The Labute approximate surface area is 132 Å². The number of rotatable bonds is 6. The zero-order chi connectivity index (χ0) is 16.3. The van der Waals surface area contributed by atoms with Crippen molar-refractivity contribution in [2.75, 3.05) is 18.1 Å². The normalized spacial score (nSPS) is 12.1. The topological polar surface area (TPSA) is 97.4 Å². The molecule has 1 N–H and O–H groups in total. The summed E-state index contributed by atoms with van der Waals surface area (Å²) in [6.07, 6.45) is 0. The number of halogens is 2. The quantitative estimate of drug-likeness (QED) is 0.760. The second-order valence-electron chi connectivity index (χ2n) is 4.07. The van der Waals surface area contributed by atoms with Crippen LogP contribution in [0.15, 0.2) is 23.1 Å². The molecular formula is C11H13Cl2NO5S2. The van der Waals surface area contributed by atoms with Crippen LogP contribution in [0.4, 0.5) is 0 Å². The highest BCUT2D eigenvalue weighted by atomic mass is 35.7. The van der Waals surface area contributed by atoms with Crippen LogP contribution in [0.3, 0.4) is 0 Å². The first-order valence-electron chi connectivity index (χ1n) is 5.79. The third-order valence-electron chi connectivity index (χ3n) is 2.60. The molecule has 0 bridgehead atoms. The zero-order valence-electron chi connectivity index (χ0n) is 11.0. The van der Waals surface area contributed by atoms with Gasteiger partial charge in [-0.1, -0.05) is 18.5 Å². The molecule has 0 saturated heterocycles. The van der Waals surface area contributed by atoms with Crippen molar-refractivity contribution in [3.63, 3.8) is 0 Å². The molecular weight excluding hydrogens is 361 g/mol. The van der Waals surface area contributed by atoms with Crippen molar-refractivity contribution < 1.29 is 21.6 Å². The Morgan fingerprint density at radius 2 is 1.86 bits per heavy atom. The third-order valence-corrected chi connectivity index (χ3v) is 5.99. The number of sulfone groups is 1. The number of hydrogen-bond donors (Lipinski definition) is 1. The van der Waals surface area contributed by atoms with E-state index in [-0.39, 0.29) is 33.5 Å². The van der Waals surface area contributed by atoms with Gasteiger partial charge in [0, 0.05) is 23.0 Å². The van der Waals surface area contributed by atoms with E-state index in [9.17, 15) is 21.6 Å². The summed E-state index contributed by atoms with van der Waals surface area (Å²) in [7, 11) is -2.00. The minimum absolute atomic E-state index is 0.0242. The van der Waals surface area contributed by atoms with E-state index in [4.69, 9.17) is 22.3 Å². The lowest BCUT2D eigenvalue weighted by atomic mass is 10.2. The maximum atomic E-state index is 11.9. The van der Waals surface area contributed by atoms with Crippen molar-refractivity contribution in [1.29, 1.82) is 0 Å². The Bertz CT molecular complexity index is 744. The fraction of sp³-hybridized carbons (Fsp3) is 0.364. The predicted octanol–water partition coefficient (Wildman–Crippen LogP) is 1.43. The molecule has 0 aliphatic heterocycles. The molecule has 6 nitrogen and oxygen atoms in total. The van der Waals surface area contributed by atoms with Gasteiger partial charge >= 0.3 is 0 Å². The molecule has 0 heterocycles. The molecule has 1 aromatic rings. The summed E-state index contributed by atoms with van der Waals surface area (Å²) >= 11 is 5.82. The van der Waals surface area contributed by atoms with Crippen LogP contribution in [0, 0.1) is 0 Å². The summed E-state index contributed by atoms with van der Waals surface area (Å²) in [6.45, 7) is 1.41. The van der Waals surface area contributed by atoms with Crippen LogP contribution >= 0.6 is 22.3 Å². The van der Waals surface area contributed by atoms with Crippen molar-refractivity contribution in [3.05, 3.63) is 28.8 Å². The summed E-state index contributed by atoms with van der Waals surface area (Å²) in [5, 5.41) is 2.41. The maximum absolute atomic E-state index is 11.9. The Hall–Kier alpha value is -0.830. The van der Waals surface area contributed by atoms with E-state index in [0.29, 0.717) is 0 Å². The smallest absolute Gasteiger partial charge is 0.261 e. The van der Waals surface area contributed by atoms with Crippen molar-refractivity contribution in [2.24, 2.45) is 0 Å². The molecule has 0 saturated carbocycles. The highest BCUT2D eigenvalue weighted by Crippen LogP contribution is 2.22. The SMILES string of the molecule is CCS(=O)(=O)CCNC(=O)c1cc(S(=O)(=O)Cl)ccc1Cl. The molecule has 0 unspecified atom stereocenters. The number of carbonyl (C=O) groups is 1. The van der Waals surface area contributed by atoms with Crippen LogP contribution in [0.5, 0.6) is 0 Å². The van der Waals surface area contributed by atoms with Gasteiger partial charge in [0.1, 0.15) is 0 Å². The lowest BCUT2D eigenvalue weighted by Crippen LogP contribution is -2.29. The highest BCUT2D eigenvalue weighted by Gasteiger charge is 2.17. The Morgan fingerprint density at radius 3 is 2.38 bits per heavy atom. The van der Waals surface area contributed by atoms with Gasteiger partial charge in [-0.3, -0.25) is 4.79 Å². The fourth-order valence-electron chi connectivity index (χ4n) is 1.39. The van der Waals surface area contributed by atoms with Gasteiger partial charge in [-0.05, 0) is 18.2 Å². The van der Waals surface area contributed by atoms with Gasteiger partial charge in [0.2, 0.25) is 0 Å². The van der Waals surface area contributed by atoms with Gasteiger partial charge in [0.05, 0.1) is 21.2 Å². The van der Waals surface area contributed by atoms with Gasteiger partial charge in [0.15, 0.2) is 9.84 Å². The van der Waals surface area contributed by atoms with E-state index in [1.54, 1.807) is 0 Å². The summed E-state index contributed by atoms with van der Waals surface area (Å²) in [5.41, 5.74) is -0.0905. The molecule has 0 spiro atoms. The maximum Gasteiger partial charge on any atom is 0.261 e. The first-order chi connectivity index (χ1) is 9.57. The van der Waals surface area contributed by atoms with Crippen LogP contribution in [0.1, 0.15) is 17.3 Å². The molecule has 118 valence electrons. The molecule has 21 heavy (non-hydrogen) atoms. The van der Waals surface area contributed by atoms with Crippen LogP contribution < -0.4 is 5.32 Å². The molecule has 10 heteroatoms. The van der Waals surface area contributed by atoms with Crippen LogP contribution in [-0.4, -0.2) is 40.8 Å². The molecule has 0 aromatic heterocycles. The molecule has 1 rings (SSSR count). The molecule has 0 radical (unpaired) electrons. The van der Waals surface area contributed by atoms with E-state index in [0.717, 1.165) is 6.07 Å². The Balaban J connectivity index is 2.88. The zero-order valence-corrected chi connectivity index (χ0v) is 14.1. The van der Waals surface area contributed by atoms with E-state index in [1.807, 2.05) is 0 Å². The lowest BCUT2D eigenvalue weighted by Gasteiger charge is -2.08. The number of benzene rings is 1. The predicted molar refractivity (Wildman–Crippen MR) is 81.2 cm³/mol. The average Bonchev–Trinajstić information content (AvgIpc) is 2.37. The van der Waals surface area contributed by atoms with Gasteiger partial charge in [0.25, 0.3) is 15.0 Å². The van der Waals surface area contributed by atoms with E-state index < -0.39 is 24.8 Å². The second kappa shape index (κ2) is 6.95. The van der Waals surface area contributed by atoms with Gasteiger partial charge in [-0.25, -0.2) is 16.8 Å². The number of carbonyl (C=O) groups excluding carboxylic acids is 1. The van der Waals surface area contributed by atoms with Crippen molar-refractivity contribution in [3.8, 4) is 0 Å². The fourth-order valence-corrected chi connectivity index (χ4v) is 3.07. The van der Waals surface area contributed by atoms with Crippen LogP contribution in [0.25, 0.3) is 0 Å². The summed E-state index contributed by atoms with van der Waals surface area (Å²) in [5.74, 6) is -0.905. The highest BCUT2D eigenvalue weighted by molar-refractivity contribution is 8.13. The molecule has 1 aromatic carbocycles. The first-order valence-corrected chi connectivity index (χ1v) is 10.3. The standard InChI is InChI=1S/C11H13Cl2NO5S2/c1-2-20(16,17)6-5-14-11(15)9-7-8(21(13,18)19)3-4-10(9)12/h3-4,7H,2,5-6H2,1H3,(H,14,15). The Kier molecular flexibility index (Phi) is 6.03. The van der Waals surface area contributed by atoms with Crippen molar-refractivity contribution in [2.45, 2.75) is 11.8 Å². The number of nitrogens with one attached hydrogen (secondary N) is 1. The number of hydrogen-bond acceptors (Lipinski definition) is 5. The van der Waals surface area contributed by atoms with E-state index in [2.05, 4.69) is 5.32 Å². The lowest BCUT2D eigenvalue weighted by molar-refractivity contribution is 0.0956. The van der Waals surface area contributed by atoms with Gasteiger partial charge < -0.3 is 5.32 Å². The monoisotopic (exact) mass is 373 g/mol. The number of amides is 1. The molecule has 0 atom stereocenters. The molecule has 1 amide bonds. The Morgan fingerprint density at radius 1 is 1.24 bits per heavy atom. The van der Waals surface area contributed by atoms with Gasteiger partial charge in [-0.15, -0.1) is 0 Å². The van der Waals surface area contributed by atoms with Crippen LogP contribution in [0.2, 0.25) is 5.02 Å². The summed E-state index contributed by atoms with van der Waals surface area (Å²) < 4.78 is 45.0. The van der Waals surface area contributed by atoms with Crippen molar-refractivity contribution >= 4 is 47.1 Å². The molecule has 0 fully saturated rings. The van der Waals surface area contributed by atoms with Crippen molar-refractivity contribution in [1.82, 2.24) is 5.32 Å². The summed E-state index contributed by atoms with van der Waals surface area (Å²) in [6, 6.07) is 3.44. The molecule has 0 aliphatic carbocycles. The van der Waals surface area contributed by atoms with E-state index >= 15 is 0 Å².